The average Bonchev–Trinajstić information content (AvgIpc) is 2.68. The van der Waals surface area contributed by atoms with Crippen molar-refractivity contribution in [3.05, 3.63) is 29.8 Å². The number of hydrogen-bond acceptors (Lipinski definition) is 2. The van der Waals surface area contributed by atoms with Gasteiger partial charge in [0, 0.05) is 18.8 Å². The first kappa shape index (κ1) is 10.0. The highest BCUT2D eigenvalue weighted by Gasteiger charge is 2.26. The van der Waals surface area contributed by atoms with Crippen molar-refractivity contribution in [1.82, 2.24) is 0 Å². The van der Waals surface area contributed by atoms with E-state index < -0.39 is 0 Å². The van der Waals surface area contributed by atoms with E-state index >= 15 is 0 Å². The highest BCUT2D eigenvalue weighted by atomic mass is 16.1. The largest absolute Gasteiger partial charge is 0.371 e. The van der Waals surface area contributed by atoms with Crippen LogP contribution < -0.4 is 10.6 Å². The molecule has 1 saturated heterocycles. The van der Waals surface area contributed by atoms with E-state index in [4.69, 9.17) is 5.73 Å². The number of primary amides is 1. The van der Waals surface area contributed by atoms with Crippen molar-refractivity contribution in [2.45, 2.75) is 13.3 Å². The number of rotatable bonds is 2. The van der Waals surface area contributed by atoms with E-state index in [2.05, 4.69) is 36.1 Å². The van der Waals surface area contributed by atoms with Crippen LogP contribution in [0.5, 0.6) is 0 Å². The Morgan fingerprint density at radius 2 is 2.07 bits per heavy atom. The van der Waals surface area contributed by atoms with E-state index in [0.717, 1.165) is 19.5 Å². The van der Waals surface area contributed by atoms with Crippen LogP contribution in [0.1, 0.15) is 12.0 Å². The molecule has 80 valence electrons. The van der Waals surface area contributed by atoms with Gasteiger partial charge in [0.15, 0.2) is 0 Å². The highest BCUT2D eigenvalue weighted by Crippen LogP contribution is 2.23. The number of amides is 1. The molecule has 0 saturated carbocycles. The molecule has 1 aliphatic rings. The lowest BCUT2D eigenvalue weighted by Gasteiger charge is -2.18. The Hall–Kier alpha value is -1.51. The summed E-state index contributed by atoms with van der Waals surface area (Å²) in [5.74, 6) is -0.157. The van der Waals surface area contributed by atoms with Crippen molar-refractivity contribution in [2.75, 3.05) is 18.0 Å². The van der Waals surface area contributed by atoms with Crippen molar-refractivity contribution < 1.29 is 4.79 Å². The molecule has 1 aliphatic heterocycles. The molecule has 3 heteroatoms. The van der Waals surface area contributed by atoms with Gasteiger partial charge in [-0.1, -0.05) is 17.7 Å². The van der Waals surface area contributed by atoms with E-state index in [1.54, 1.807) is 0 Å². The Bertz CT molecular complexity index is 358. The molecule has 0 radical (unpaired) electrons. The molecule has 1 unspecified atom stereocenters. The summed E-state index contributed by atoms with van der Waals surface area (Å²) in [6.45, 7) is 3.76. The van der Waals surface area contributed by atoms with Gasteiger partial charge in [0.05, 0.1) is 5.92 Å². The van der Waals surface area contributed by atoms with Gasteiger partial charge >= 0.3 is 0 Å². The Kier molecular flexibility index (Phi) is 2.62. The Morgan fingerprint density at radius 3 is 2.60 bits per heavy atom. The minimum absolute atomic E-state index is 0.0197. The first-order valence-electron chi connectivity index (χ1n) is 5.28. The quantitative estimate of drug-likeness (QED) is 0.789. The predicted molar refractivity (Wildman–Crippen MR) is 60.7 cm³/mol. The van der Waals surface area contributed by atoms with Gasteiger partial charge in [-0.2, -0.15) is 0 Å². The number of aryl methyl sites for hydroxylation is 1. The minimum atomic E-state index is -0.176. The Morgan fingerprint density at radius 1 is 1.40 bits per heavy atom. The predicted octanol–water partition coefficient (Wildman–Crippen LogP) is 1.31. The van der Waals surface area contributed by atoms with Crippen LogP contribution in [0.25, 0.3) is 0 Å². The molecule has 1 aromatic rings. The van der Waals surface area contributed by atoms with Gasteiger partial charge in [-0.15, -0.1) is 0 Å². The van der Waals surface area contributed by atoms with E-state index in [9.17, 15) is 4.79 Å². The van der Waals surface area contributed by atoms with Crippen molar-refractivity contribution in [1.29, 1.82) is 0 Å². The number of benzene rings is 1. The van der Waals surface area contributed by atoms with Crippen LogP contribution in [-0.4, -0.2) is 19.0 Å². The molecule has 1 atom stereocenters. The fourth-order valence-electron chi connectivity index (χ4n) is 1.98. The molecular formula is C12H16N2O. The Balaban J connectivity index is 2.07. The number of anilines is 1. The van der Waals surface area contributed by atoms with E-state index in [0.29, 0.717) is 0 Å². The van der Waals surface area contributed by atoms with Crippen LogP contribution >= 0.6 is 0 Å². The van der Waals surface area contributed by atoms with Gasteiger partial charge in [0.2, 0.25) is 5.91 Å². The lowest BCUT2D eigenvalue weighted by Crippen LogP contribution is -2.27. The second-order valence-electron chi connectivity index (χ2n) is 4.17. The van der Waals surface area contributed by atoms with Gasteiger partial charge in [0.25, 0.3) is 0 Å². The van der Waals surface area contributed by atoms with Crippen LogP contribution in [0.15, 0.2) is 24.3 Å². The van der Waals surface area contributed by atoms with Crippen molar-refractivity contribution in [2.24, 2.45) is 11.7 Å². The van der Waals surface area contributed by atoms with Crippen molar-refractivity contribution in [3.8, 4) is 0 Å². The molecule has 1 fully saturated rings. The molecule has 0 aliphatic carbocycles. The zero-order valence-corrected chi connectivity index (χ0v) is 8.94. The van der Waals surface area contributed by atoms with Crippen LogP contribution in [-0.2, 0) is 4.79 Å². The summed E-state index contributed by atoms with van der Waals surface area (Å²) < 4.78 is 0. The fourth-order valence-corrected chi connectivity index (χ4v) is 1.98. The summed E-state index contributed by atoms with van der Waals surface area (Å²) >= 11 is 0. The normalized spacial score (nSPS) is 20.6. The third kappa shape index (κ3) is 2.12. The maximum absolute atomic E-state index is 11.0. The van der Waals surface area contributed by atoms with Gasteiger partial charge in [-0.25, -0.2) is 0 Å². The van der Waals surface area contributed by atoms with Crippen molar-refractivity contribution >= 4 is 11.6 Å². The number of carbonyl (C=O) groups excluding carboxylic acids is 1. The maximum atomic E-state index is 11.0. The van der Waals surface area contributed by atoms with Crippen molar-refractivity contribution in [3.63, 3.8) is 0 Å². The van der Waals surface area contributed by atoms with Crippen LogP contribution in [0, 0.1) is 12.8 Å². The molecule has 3 nitrogen and oxygen atoms in total. The third-order valence-electron chi connectivity index (χ3n) is 2.99. The number of carbonyl (C=O) groups is 1. The van der Waals surface area contributed by atoms with Gasteiger partial charge < -0.3 is 10.6 Å². The molecule has 15 heavy (non-hydrogen) atoms. The highest BCUT2D eigenvalue weighted by molar-refractivity contribution is 5.78. The zero-order chi connectivity index (χ0) is 10.8. The average molecular weight is 204 g/mol. The number of nitrogens with zero attached hydrogens (tertiary/aromatic N) is 1. The first-order valence-corrected chi connectivity index (χ1v) is 5.28. The summed E-state index contributed by atoms with van der Waals surface area (Å²) in [6, 6.07) is 8.37. The number of hydrogen-bond donors (Lipinski definition) is 1. The summed E-state index contributed by atoms with van der Waals surface area (Å²) in [5.41, 5.74) is 7.74. The van der Waals surface area contributed by atoms with Gasteiger partial charge in [-0.3, -0.25) is 4.79 Å². The molecule has 0 bridgehead atoms. The fraction of sp³-hybridized carbons (Fsp3) is 0.417. The summed E-state index contributed by atoms with van der Waals surface area (Å²) in [6.07, 6.45) is 0.878. The molecule has 1 heterocycles. The second-order valence-corrected chi connectivity index (χ2v) is 4.17. The lowest BCUT2D eigenvalue weighted by atomic mass is 10.1. The van der Waals surface area contributed by atoms with E-state index in [1.165, 1.54) is 11.3 Å². The maximum Gasteiger partial charge on any atom is 0.222 e. The monoisotopic (exact) mass is 204 g/mol. The molecule has 0 spiro atoms. The summed E-state index contributed by atoms with van der Waals surface area (Å²) in [5, 5.41) is 0. The molecule has 2 rings (SSSR count). The lowest BCUT2D eigenvalue weighted by molar-refractivity contribution is -0.121. The number of nitrogens with two attached hydrogens (primary N) is 1. The van der Waals surface area contributed by atoms with E-state index in [1.807, 2.05) is 0 Å². The summed E-state index contributed by atoms with van der Waals surface area (Å²) in [4.78, 5) is 13.2. The molecule has 1 aromatic carbocycles. The summed E-state index contributed by atoms with van der Waals surface area (Å²) in [7, 11) is 0. The molecule has 0 aromatic heterocycles. The van der Waals surface area contributed by atoms with E-state index in [-0.39, 0.29) is 11.8 Å². The van der Waals surface area contributed by atoms with Gasteiger partial charge in [0.1, 0.15) is 0 Å². The Labute approximate surface area is 89.9 Å². The van der Waals surface area contributed by atoms with Crippen LogP contribution in [0.3, 0.4) is 0 Å². The standard InChI is InChI=1S/C12H16N2O/c1-9-2-4-11(5-3-9)14-7-6-10(8-14)12(13)15/h2-5,10H,6-8H2,1H3,(H2,13,15). The van der Waals surface area contributed by atoms with Gasteiger partial charge in [-0.05, 0) is 25.5 Å². The smallest absolute Gasteiger partial charge is 0.222 e. The molecule has 2 N–H and O–H groups in total. The first-order chi connectivity index (χ1) is 7.16. The SMILES string of the molecule is Cc1ccc(N2CCC(C(N)=O)C2)cc1. The third-order valence-corrected chi connectivity index (χ3v) is 2.99. The second kappa shape index (κ2) is 3.93. The zero-order valence-electron chi connectivity index (χ0n) is 8.94. The van der Waals surface area contributed by atoms with Crippen LogP contribution in [0.4, 0.5) is 5.69 Å². The van der Waals surface area contributed by atoms with Crippen LogP contribution in [0.2, 0.25) is 0 Å². The topological polar surface area (TPSA) is 46.3 Å². The molecular weight excluding hydrogens is 188 g/mol. The molecule has 1 amide bonds. The minimum Gasteiger partial charge on any atom is -0.371 e.